The molecule has 60 heavy (non-hydrogen) atoms. The van der Waals surface area contributed by atoms with Gasteiger partial charge in [0.1, 0.15) is 5.58 Å². The highest BCUT2D eigenvalue weighted by atomic mass is 16.3. The van der Waals surface area contributed by atoms with Gasteiger partial charge >= 0.3 is 0 Å². The molecule has 0 aliphatic heterocycles. The molecule has 0 atom stereocenters. The molecule has 3 heteroatoms. The van der Waals surface area contributed by atoms with E-state index >= 15 is 0 Å². The number of furan rings is 1. The molecule has 0 bridgehead atoms. The van der Waals surface area contributed by atoms with Crippen molar-refractivity contribution in [3.05, 3.63) is 217 Å². The lowest BCUT2D eigenvalue weighted by molar-refractivity contribution is 0.659. The molecule has 9 aromatic carbocycles. The summed E-state index contributed by atoms with van der Waals surface area (Å²) < 4.78 is 9.70. The predicted octanol–water partition coefficient (Wildman–Crippen LogP) is 15.8. The highest BCUT2D eigenvalue weighted by molar-refractivity contribution is 6.20. The van der Waals surface area contributed by atoms with Gasteiger partial charge in [0.2, 0.25) is 0 Å². The molecule has 1 aliphatic carbocycles. The van der Waals surface area contributed by atoms with Gasteiger partial charge in [-0.2, -0.15) is 0 Å². The van der Waals surface area contributed by atoms with E-state index in [1.165, 1.54) is 55.2 Å². The van der Waals surface area contributed by atoms with Gasteiger partial charge in [-0.25, -0.2) is 0 Å². The van der Waals surface area contributed by atoms with Gasteiger partial charge in [0.05, 0.1) is 22.4 Å². The van der Waals surface area contributed by atoms with Gasteiger partial charge < -0.3 is 13.9 Å². The van der Waals surface area contributed by atoms with Crippen LogP contribution < -0.4 is 4.90 Å². The summed E-state index contributed by atoms with van der Waals surface area (Å²) in [5, 5.41) is 4.61. The van der Waals surface area contributed by atoms with E-state index in [-0.39, 0.29) is 5.41 Å². The van der Waals surface area contributed by atoms with Crippen LogP contribution in [0.25, 0.3) is 82.8 Å². The van der Waals surface area contributed by atoms with Gasteiger partial charge in [0, 0.05) is 43.9 Å². The highest BCUT2D eigenvalue weighted by Gasteiger charge is 2.39. The first-order chi connectivity index (χ1) is 29.6. The quantitative estimate of drug-likeness (QED) is 0.168. The molecular formula is C57H40N2O. The van der Waals surface area contributed by atoms with E-state index in [4.69, 9.17) is 4.42 Å². The zero-order valence-corrected chi connectivity index (χ0v) is 33.4. The lowest BCUT2D eigenvalue weighted by atomic mass is 9.81. The summed E-state index contributed by atoms with van der Waals surface area (Å²) in [7, 11) is 0. The van der Waals surface area contributed by atoms with Gasteiger partial charge in [0.15, 0.2) is 5.58 Å². The summed E-state index contributed by atoms with van der Waals surface area (Å²) >= 11 is 0. The average Bonchev–Trinajstić information content (AvgIpc) is 3.94. The molecule has 11 aromatic rings. The SMILES string of the molecule is CC1(C)c2ccccc2-c2cccc(N(c3ccc(-c4ccccc4)cc3)c3cccc4c3oc3c(-c5cccc6c5c5ccccc5n6-c5ccccc5)cccc34)c21. The molecule has 284 valence electrons. The molecule has 0 fully saturated rings. The Hall–Kier alpha value is -7.62. The van der Waals surface area contributed by atoms with Crippen molar-refractivity contribution in [2.75, 3.05) is 4.90 Å². The third-order valence-corrected chi connectivity index (χ3v) is 12.8. The van der Waals surface area contributed by atoms with E-state index < -0.39 is 0 Å². The van der Waals surface area contributed by atoms with E-state index in [1.807, 2.05) is 0 Å². The normalized spacial score (nSPS) is 13.0. The lowest BCUT2D eigenvalue weighted by Crippen LogP contribution is -2.20. The van der Waals surface area contributed by atoms with Crippen molar-refractivity contribution < 1.29 is 4.42 Å². The number of hydrogen-bond acceptors (Lipinski definition) is 2. The minimum atomic E-state index is -0.225. The van der Waals surface area contributed by atoms with Crippen LogP contribution in [0.4, 0.5) is 17.1 Å². The Morgan fingerprint density at radius 1 is 0.417 bits per heavy atom. The summed E-state index contributed by atoms with van der Waals surface area (Å²) in [5.41, 5.74) is 18.1. The first kappa shape index (κ1) is 34.4. The number of fused-ring (bicyclic) bond motifs is 9. The zero-order valence-electron chi connectivity index (χ0n) is 33.4. The molecule has 3 nitrogen and oxygen atoms in total. The fourth-order valence-corrected chi connectivity index (χ4v) is 10.1. The smallest absolute Gasteiger partial charge is 0.159 e. The van der Waals surface area contributed by atoms with E-state index in [0.717, 1.165) is 55.8 Å². The predicted molar refractivity (Wildman–Crippen MR) is 251 cm³/mol. The van der Waals surface area contributed by atoms with E-state index in [9.17, 15) is 0 Å². The van der Waals surface area contributed by atoms with Crippen LogP contribution in [0.1, 0.15) is 25.0 Å². The van der Waals surface area contributed by atoms with Crippen molar-refractivity contribution in [3.63, 3.8) is 0 Å². The number of rotatable bonds is 6. The van der Waals surface area contributed by atoms with Crippen molar-refractivity contribution in [1.29, 1.82) is 0 Å². The Labute approximate surface area is 349 Å². The van der Waals surface area contributed by atoms with Crippen LogP contribution in [0.2, 0.25) is 0 Å². The topological polar surface area (TPSA) is 21.3 Å². The van der Waals surface area contributed by atoms with Crippen molar-refractivity contribution in [1.82, 2.24) is 4.57 Å². The summed E-state index contributed by atoms with van der Waals surface area (Å²) in [6.07, 6.45) is 0. The van der Waals surface area contributed by atoms with E-state index in [0.29, 0.717) is 0 Å². The van der Waals surface area contributed by atoms with Gasteiger partial charge in [-0.05, 0) is 87.5 Å². The Bertz CT molecular complexity index is 3450. The molecule has 0 saturated heterocycles. The minimum Gasteiger partial charge on any atom is -0.453 e. The van der Waals surface area contributed by atoms with Crippen LogP contribution in [0.5, 0.6) is 0 Å². The first-order valence-corrected chi connectivity index (χ1v) is 20.8. The molecule has 0 N–H and O–H groups in total. The zero-order chi connectivity index (χ0) is 40.0. The van der Waals surface area contributed by atoms with Gasteiger partial charge in [0.25, 0.3) is 0 Å². The Kier molecular flexibility index (Phi) is 7.58. The van der Waals surface area contributed by atoms with Gasteiger partial charge in [-0.1, -0.05) is 172 Å². The summed E-state index contributed by atoms with van der Waals surface area (Å²) in [6.45, 7) is 4.72. The summed E-state index contributed by atoms with van der Waals surface area (Å²) in [4.78, 5) is 2.43. The van der Waals surface area contributed by atoms with Crippen LogP contribution >= 0.6 is 0 Å². The maximum Gasteiger partial charge on any atom is 0.159 e. The lowest BCUT2D eigenvalue weighted by Gasteiger charge is -2.32. The molecule has 0 amide bonds. The Balaban J connectivity index is 1.10. The summed E-state index contributed by atoms with van der Waals surface area (Å²) in [6, 6.07) is 74.5. The maximum absolute atomic E-state index is 7.32. The standard InChI is InChI=1S/C57H40N2O/c1-57(2)48-28-11-9-21-41(48)43-24-15-31-51(54(43)57)59(40-35-33-38(34-36-40)37-17-5-3-6-18-37)52-32-16-27-46-45-26-13-25-44(55(45)60-56(46)52)42-23-14-30-50-53(42)47-22-10-12-29-49(47)58(50)39-19-7-4-8-20-39/h3-36H,1-2H3. The second-order valence-electron chi connectivity index (χ2n) is 16.4. The number of nitrogens with zero attached hydrogens (tertiary/aromatic N) is 2. The fourth-order valence-electron chi connectivity index (χ4n) is 10.1. The second kappa shape index (κ2) is 13.2. The number of hydrogen-bond donors (Lipinski definition) is 0. The van der Waals surface area contributed by atoms with Crippen LogP contribution in [0.15, 0.2) is 211 Å². The Morgan fingerprint density at radius 3 is 1.82 bits per heavy atom. The Morgan fingerprint density at radius 2 is 0.983 bits per heavy atom. The molecule has 2 heterocycles. The van der Waals surface area contributed by atoms with Crippen molar-refractivity contribution >= 4 is 60.8 Å². The van der Waals surface area contributed by atoms with Crippen LogP contribution in [-0.4, -0.2) is 4.57 Å². The average molecular weight is 769 g/mol. The van der Waals surface area contributed by atoms with Crippen LogP contribution in [0, 0.1) is 0 Å². The minimum absolute atomic E-state index is 0.225. The third-order valence-electron chi connectivity index (χ3n) is 12.8. The van der Waals surface area contributed by atoms with Crippen molar-refractivity contribution in [2.24, 2.45) is 0 Å². The van der Waals surface area contributed by atoms with Gasteiger partial charge in [-0.15, -0.1) is 0 Å². The number of para-hydroxylation sites is 4. The molecule has 0 spiro atoms. The third kappa shape index (κ3) is 5.02. The maximum atomic E-state index is 7.32. The molecular weight excluding hydrogens is 729 g/mol. The highest BCUT2D eigenvalue weighted by Crippen LogP contribution is 2.55. The molecule has 0 radical (unpaired) electrons. The molecule has 12 rings (SSSR count). The second-order valence-corrected chi connectivity index (χ2v) is 16.4. The summed E-state index contributed by atoms with van der Waals surface area (Å²) in [5.74, 6) is 0. The van der Waals surface area contributed by atoms with Gasteiger partial charge in [-0.3, -0.25) is 0 Å². The molecule has 1 aliphatic rings. The first-order valence-electron chi connectivity index (χ1n) is 20.8. The monoisotopic (exact) mass is 768 g/mol. The molecule has 0 saturated carbocycles. The van der Waals surface area contributed by atoms with Crippen LogP contribution in [-0.2, 0) is 5.41 Å². The largest absolute Gasteiger partial charge is 0.453 e. The van der Waals surface area contributed by atoms with E-state index in [2.05, 4.69) is 230 Å². The van der Waals surface area contributed by atoms with Crippen LogP contribution in [0.3, 0.4) is 0 Å². The fraction of sp³-hybridized carbons (Fsp3) is 0.0526. The van der Waals surface area contributed by atoms with Crippen molar-refractivity contribution in [2.45, 2.75) is 19.3 Å². The number of aromatic nitrogens is 1. The van der Waals surface area contributed by atoms with Crippen molar-refractivity contribution in [3.8, 4) is 39.1 Å². The number of benzene rings is 9. The van der Waals surface area contributed by atoms with E-state index in [1.54, 1.807) is 0 Å². The molecule has 0 unspecified atom stereocenters. The molecule has 2 aromatic heterocycles. The number of anilines is 3.